The zero-order valence-corrected chi connectivity index (χ0v) is 11.9. The van der Waals surface area contributed by atoms with Crippen LogP contribution in [0, 0.1) is 29.6 Å². The summed E-state index contributed by atoms with van der Waals surface area (Å²) in [6.45, 7) is 0. The smallest absolute Gasteiger partial charge is 0.147 e. The van der Waals surface area contributed by atoms with E-state index in [0.717, 1.165) is 11.8 Å². The second-order valence-electron chi connectivity index (χ2n) is 6.99. The van der Waals surface area contributed by atoms with E-state index in [1.54, 1.807) is 0 Å². The van der Waals surface area contributed by atoms with E-state index in [1.807, 2.05) is 0 Å². The Morgan fingerprint density at radius 2 is 1.56 bits per heavy atom. The molecule has 4 aliphatic carbocycles. The van der Waals surface area contributed by atoms with Crippen LogP contribution in [-0.4, -0.2) is 31.6 Å². The predicted octanol–water partition coefficient (Wildman–Crippen LogP) is 1.85. The van der Waals surface area contributed by atoms with Gasteiger partial charge in [-0.25, -0.2) is 8.42 Å². The summed E-state index contributed by atoms with van der Waals surface area (Å²) in [5.74, 6) is 3.69. The van der Waals surface area contributed by atoms with Crippen LogP contribution in [0.4, 0.5) is 0 Å². The molecule has 1 unspecified atom stereocenters. The summed E-state index contributed by atoms with van der Waals surface area (Å²) >= 11 is 0. The molecule has 0 aliphatic heterocycles. The Bertz CT molecular complexity index is 387. The number of hydrogen-bond acceptors (Lipinski definition) is 3. The predicted molar refractivity (Wildman–Crippen MR) is 70.9 cm³/mol. The van der Waals surface area contributed by atoms with Gasteiger partial charge in [0.2, 0.25) is 0 Å². The molecule has 0 amide bonds. The summed E-state index contributed by atoms with van der Waals surface area (Å²) in [7, 11) is -2.94. The summed E-state index contributed by atoms with van der Waals surface area (Å²) in [5, 5.41) is 10.4. The molecular weight excluding hydrogens is 248 g/mol. The van der Waals surface area contributed by atoms with Gasteiger partial charge in [-0.15, -0.1) is 0 Å². The molecule has 4 fully saturated rings. The summed E-state index contributed by atoms with van der Waals surface area (Å²) < 4.78 is 22.4. The molecule has 104 valence electrons. The Morgan fingerprint density at radius 3 is 2.00 bits per heavy atom. The van der Waals surface area contributed by atoms with Gasteiger partial charge in [0.05, 0.1) is 11.9 Å². The third kappa shape index (κ3) is 2.46. The summed E-state index contributed by atoms with van der Waals surface area (Å²) in [5.41, 5.74) is 0. The van der Waals surface area contributed by atoms with Crippen LogP contribution in [0.2, 0.25) is 0 Å². The van der Waals surface area contributed by atoms with Crippen LogP contribution in [0.1, 0.15) is 38.5 Å². The van der Waals surface area contributed by atoms with Gasteiger partial charge in [0, 0.05) is 6.26 Å². The second-order valence-corrected chi connectivity index (χ2v) is 9.25. The van der Waals surface area contributed by atoms with Crippen molar-refractivity contribution >= 4 is 9.84 Å². The fraction of sp³-hybridized carbons (Fsp3) is 1.00. The van der Waals surface area contributed by atoms with Crippen molar-refractivity contribution in [1.29, 1.82) is 0 Å². The number of aliphatic hydroxyl groups excluding tert-OH is 1. The fourth-order valence-corrected chi connectivity index (χ4v) is 5.79. The molecule has 0 radical (unpaired) electrons. The molecule has 3 nitrogen and oxygen atoms in total. The first kappa shape index (κ1) is 12.9. The highest BCUT2D eigenvalue weighted by Gasteiger charge is 2.50. The Hall–Kier alpha value is -0.0900. The molecule has 0 aromatic carbocycles. The van der Waals surface area contributed by atoms with Gasteiger partial charge < -0.3 is 5.11 Å². The molecule has 18 heavy (non-hydrogen) atoms. The second kappa shape index (κ2) is 4.48. The fourth-order valence-electron chi connectivity index (χ4n) is 5.12. The average molecular weight is 272 g/mol. The zero-order chi connectivity index (χ0) is 12.9. The SMILES string of the molecule is CS(=O)(=O)CCC(O)C1C2CC3CC(C2)CC1C3. The van der Waals surface area contributed by atoms with Crippen LogP contribution in [0.15, 0.2) is 0 Å². The van der Waals surface area contributed by atoms with Crippen molar-refractivity contribution < 1.29 is 13.5 Å². The lowest BCUT2D eigenvalue weighted by Crippen LogP contribution is -2.49. The number of hydrogen-bond donors (Lipinski definition) is 1. The summed E-state index contributed by atoms with van der Waals surface area (Å²) in [6.07, 6.45) is 7.86. The monoisotopic (exact) mass is 272 g/mol. The molecule has 4 rings (SSSR count). The largest absolute Gasteiger partial charge is 0.393 e. The van der Waals surface area contributed by atoms with E-state index in [0.29, 0.717) is 24.2 Å². The van der Waals surface area contributed by atoms with Gasteiger partial charge in [-0.2, -0.15) is 0 Å². The van der Waals surface area contributed by atoms with Crippen molar-refractivity contribution in [3.63, 3.8) is 0 Å². The van der Waals surface area contributed by atoms with Crippen molar-refractivity contribution in [3.05, 3.63) is 0 Å². The van der Waals surface area contributed by atoms with Crippen LogP contribution >= 0.6 is 0 Å². The Morgan fingerprint density at radius 1 is 1.06 bits per heavy atom. The normalized spacial score (nSPS) is 44.2. The summed E-state index contributed by atoms with van der Waals surface area (Å²) in [4.78, 5) is 0. The Labute approximate surface area is 110 Å². The van der Waals surface area contributed by atoms with Gasteiger partial charge in [0.25, 0.3) is 0 Å². The van der Waals surface area contributed by atoms with E-state index in [1.165, 1.54) is 38.4 Å². The van der Waals surface area contributed by atoms with E-state index in [4.69, 9.17) is 0 Å². The van der Waals surface area contributed by atoms with Gasteiger partial charge in [-0.3, -0.25) is 0 Å². The van der Waals surface area contributed by atoms with Crippen molar-refractivity contribution in [2.24, 2.45) is 29.6 Å². The zero-order valence-electron chi connectivity index (χ0n) is 11.1. The first-order valence-corrected chi connectivity index (χ1v) is 9.34. The summed E-state index contributed by atoms with van der Waals surface area (Å²) in [6, 6.07) is 0. The van der Waals surface area contributed by atoms with Gasteiger partial charge in [0.1, 0.15) is 9.84 Å². The topological polar surface area (TPSA) is 54.4 Å². The van der Waals surface area contributed by atoms with Gasteiger partial charge in [-0.05, 0) is 68.1 Å². The van der Waals surface area contributed by atoms with Crippen LogP contribution in [-0.2, 0) is 9.84 Å². The van der Waals surface area contributed by atoms with Crippen molar-refractivity contribution in [2.45, 2.75) is 44.6 Å². The Kier molecular flexibility index (Phi) is 3.22. The molecule has 0 aromatic heterocycles. The lowest BCUT2D eigenvalue weighted by atomic mass is 9.51. The third-order valence-electron chi connectivity index (χ3n) is 5.53. The number of aliphatic hydroxyl groups is 1. The molecule has 0 spiro atoms. The highest BCUT2D eigenvalue weighted by atomic mass is 32.2. The van der Waals surface area contributed by atoms with Gasteiger partial charge in [0.15, 0.2) is 0 Å². The lowest BCUT2D eigenvalue weighted by Gasteiger charge is -2.55. The molecule has 4 saturated carbocycles. The standard InChI is InChI=1S/C14H24O3S/c1-18(16,17)3-2-13(15)14-11-5-9-4-10(7-11)8-12(14)6-9/h9-15H,2-8H2,1H3. The van der Waals surface area contributed by atoms with E-state index in [9.17, 15) is 13.5 Å². The van der Waals surface area contributed by atoms with Crippen LogP contribution in [0.5, 0.6) is 0 Å². The average Bonchev–Trinajstić information content (AvgIpc) is 2.23. The maximum absolute atomic E-state index is 11.2. The van der Waals surface area contributed by atoms with Gasteiger partial charge in [-0.1, -0.05) is 0 Å². The molecular formula is C14H24O3S. The first-order valence-electron chi connectivity index (χ1n) is 7.28. The molecule has 1 atom stereocenters. The highest BCUT2D eigenvalue weighted by Crippen LogP contribution is 2.57. The number of sulfone groups is 1. The van der Waals surface area contributed by atoms with E-state index in [2.05, 4.69) is 0 Å². The van der Waals surface area contributed by atoms with E-state index < -0.39 is 15.9 Å². The van der Waals surface area contributed by atoms with Gasteiger partial charge >= 0.3 is 0 Å². The maximum atomic E-state index is 11.2. The van der Waals surface area contributed by atoms with Crippen LogP contribution < -0.4 is 0 Å². The minimum atomic E-state index is -2.94. The third-order valence-corrected chi connectivity index (χ3v) is 6.51. The maximum Gasteiger partial charge on any atom is 0.147 e. The Balaban J connectivity index is 1.65. The highest BCUT2D eigenvalue weighted by molar-refractivity contribution is 7.90. The molecule has 4 heteroatoms. The van der Waals surface area contributed by atoms with E-state index >= 15 is 0 Å². The van der Waals surface area contributed by atoms with E-state index in [-0.39, 0.29) is 5.75 Å². The minimum Gasteiger partial charge on any atom is -0.393 e. The first-order chi connectivity index (χ1) is 8.42. The lowest BCUT2D eigenvalue weighted by molar-refractivity contribution is -0.0896. The van der Waals surface area contributed by atoms with Crippen molar-refractivity contribution in [1.82, 2.24) is 0 Å². The van der Waals surface area contributed by atoms with Crippen LogP contribution in [0.3, 0.4) is 0 Å². The molecule has 0 heterocycles. The number of rotatable bonds is 4. The van der Waals surface area contributed by atoms with Crippen molar-refractivity contribution in [3.8, 4) is 0 Å². The molecule has 4 aliphatic rings. The quantitative estimate of drug-likeness (QED) is 0.850. The minimum absolute atomic E-state index is 0.136. The molecule has 0 saturated heterocycles. The van der Waals surface area contributed by atoms with Crippen LogP contribution in [0.25, 0.3) is 0 Å². The van der Waals surface area contributed by atoms with Crippen molar-refractivity contribution in [2.75, 3.05) is 12.0 Å². The molecule has 0 aromatic rings. The molecule has 1 N–H and O–H groups in total. The molecule has 4 bridgehead atoms.